The summed E-state index contributed by atoms with van der Waals surface area (Å²) >= 11 is 2.91. The molecule has 0 aliphatic heterocycles. The zero-order valence-electron chi connectivity index (χ0n) is 13.5. The molecule has 2 heterocycles. The van der Waals surface area contributed by atoms with Crippen LogP contribution >= 0.6 is 22.7 Å². The number of fused-ring (bicyclic) bond motifs is 1. The van der Waals surface area contributed by atoms with Crippen molar-refractivity contribution in [2.75, 3.05) is 11.1 Å². The molecule has 26 heavy (non-hydrogen) atoms. The molecule has 1 amide bonds. The summed E-state index contributed by atoms with van der Waals surface area (Å²) in [7, 11) is 0. The van der Waals surface area contributed by atoms with E-state index < -0.39 is 0 Å². The molecule has 0 radical (unpaired) electrons. The summed E-state index contributed by atoms with van der Waals surface area (Å²) in [6.07, 6.45) is 2.73. The lowest BCUT2D eigenvalue weighted by Gasteiger charge is -2.11. The van der Waals surface area contributed by atoms with E-state index in [4.69, 9.17) is 11.1 Å². The normalized spacial score (nSPS) is 10.8. The number of nitrogens with two attached hydrogens (primary N) is 1. The summed E-state index contributed by atoms with van der Waals surface area (Å²) in [5, 5.41) is 11.7. The largest absolute Gasteiger partial charge is 0.398 e. The van der Waals surface area contributed by atoms with Crippen molar-refractivity contribution < 1.29 is 4.79 Å². The van der Waals surface area contributed by atoms with Gasteiger partial charge in [0.25, 0.3) is 5.91 Å². The van der Waals surface area contributed by atoms with Crippen LogP contribution in [0.25, 0.3) is 20.5 Å². The molecule has 4 rings (SSSR count). The molecule has 4 N–H and O–H groups in total. The first-order valence-electron chi connectivity index (χ1n) is 7.78. The van der Waals surface area contributed by atoms with E-state index in [-0.39, 0.29) is 5.91 Å². The molecule has 0 bridgehead atoms. The minimum Gasteiger partial charge on any atom is -0.398 e. The monoisotopic (exact) mass is 378 g/mol. The molecule has 0 saturated heterocycles. The predicted octanol–water partition coefficient (Wildman–Crippen LogP) is 4.86. The van der Waals surface area contributed by atoms with Crippen LogP contribution < -0.4 is 11.1 Å². The molecular formula is C19H14N4OS2. The molecule has 128 valence electrons. The van der Waals surface area contributed by atoms with Crippen molar-refractivity contribution in [3.8, 4) is 10.4 Å². The van der Waals surface area contributed by atoms with E-state index in [0.717, 1.165) is 20.5 Å². The van der Waals surface area contributed by atoms with Crippen LogP contribution in [0.1, 0.15) is 15.2 Å². The Kier molecular flexibility index (Phi) is 4.24. The van der Waals surface area contributed by atoms with E-state index in [9.17, 15) is 4.79 Å². The highest BCUT2D eigenvalue weighted by Crippen LogP contribution is 2.38. The lowest BCUT2D eigenvalue weighted by Crippen LogP contribution is -2.11. The topological polar surface area (TPSA) is 91.9 Å². The van der Waals surface area contributed by atoms with Gasteiger partial charge in [-0.05, 0) is 29.7 Å². The average molecular weight is 378 g/mol. The molecule has 0 fully saturated rings. The minimum atomic E-state index is -0.226. The maximum atomic E-state index is 12.3. The number of aromatic nitrogens is 1. The molecule has 7 heteroatoms. The fourth-order valence-electron chi connectivity index (χ4n) is 2.71. The summed E-state index contributed by atoms with van der Waals surface area (Å²) in [5.74, 6) is -0.226. The second kappa shape index (κ2) is 6.70. The highest BCUT2D eigenvalue weighted by Gasteiger charge is 2.14. The standard InChI is InChI=1S/C19H14N4OS2/c20-8-12-5-13(23-19(24)17-9-22-10-25-17)7-14(18(12)21)16-6-11-3-1-2-4-15(11)26-16/h1-10,20H,21H2,(H,23,24). The SMILES string of the molecule is N=Cc1cc(NC(=O)c2cncs2)cc(-c2cc3ccccc3s2)c1N. The molecular weight excluding hydrogens is 364 g/mol. The van der Waals surface area contributed by atoms with E-state index >= 15 is 0 Å². The smallest absolute Gasteiger partial charge is 0.267 e. The van der Waals surface area contributed by atoms with Crippen molar-refractivity contribution in [1.82, 2.24) is 4.98 Å². The van der Waals surface area contributed by atoms with Crippen LogP contribution in [0.4, 0.5) is 11.4 Å². The van der Waals surface area contributed by atoms with Gasteiger partial charge in [0.1, 0.15) is 4.88 Å². The zero-order valence-corrected chi connectivity index (χ0v) is 15.2. The molecule has 5 nitrogen and oxygen atoms in total. The van der Waals surface area contributed by atoms with Crippen molar-refractivity contribution in [3.05, 3.63) is 64.6 Å². The van der Waals surface area contributed by atoms with Crippen LogP contribution in [0.15, 0.2) is 54.2 Å². The highest BCUT2D eigenvalue weighted by molar-refractivity contribution is 7.22. The third-order valence-corrected chi connectivity index (χ3v) is 5.89. The first-order valence-corrected chi connectivity index (χ1v) is 9.48. The lowest BCUT2D eigenvalue weighted by atomic mass is 10.0. The predicted molar refractivity (Wildman–Crippen MR) is 110 cm³/mol. The van der Waals surface area contributed by atoms with Crippen LogP contribution in [-0.4, -0.2) is 17.1 Å². The molecule has 0 saturated carbocycles. The maximum absolute atomic E-state index is 12.3. The molecule has 0 aliphatic carbocycles. The van der Waals surface area contributed by atoms with Gasteiger partial charge in [0, 0.05) is 38.3 Å². The molecule has 4 aromatic rings. The Labute approximate surface area is 157 Å². The summed E-state index contributed by atoms with van der Waals surface area (Å²) < 4.78 is 1.16. The Hall–Kier alpha value is -3.03. The van der Waals surface area contributed by atoms with E-state index in [0.29, 0.717) is 21.8 Å². The van der Waals surface area contributed by atoms with Crippen molar-refractivity contribution in [3.63, 3.8) is 0 Å². The third kappa shape index (κ3) is 2.98. The second-order valence-corrected chi connectivity index (χ2v) is 7.61. The Bertz CT molecular complexity index is 1080. The number of carbonyl (C=O) groups is 1. The van der Waals surface area contributed by atoms with Crippen molar-refractivity contribution in [2.45, 2.75) is 0 Å². The number of rotatable bonds is 4. The number of anilines is 2. The quantitative estimate of drug-likeness (QED) is 0.350. The van der Waals surface area contributed by atoms with E-state index in [1.54, 1.807) is 22.9 Å². The van der Waals surface area contributed by atoms with Crippen molar-refractivity contribution >= 4 is 56.3 Å². The van der Waals surface area contributed by atoms with Gasteiger partial charge in [0.15, 0.2) is 0 Å². The summed E-state index contributed by atoms with van der Waals surface area (Å²) in [4.78, 5) is 17.8. The van der Waals surface area contributed by atoms with Crippen molar-refractivity contribution in [1.29, 1.82) is 5.41 Å². The van der Waals surface area contributed by atoms with Gasteiger partial charge in [-0.3, -0.25) is 9.78 Å². The van der Waals surface area contributed by atoms with Gasteiger partial charge in [0.05, 0.1) is 11.7 Å². The Balaban J connectivity index is 1.78. The lowest BCUT2D eigenvalue weighted by molar-refractivity contribution is 0.103. The number of hydrogen-bond acceptors (Lipinski definition) is 6. The average Bonchev–Trinajstić information content (AvgIpc) is 3.32. The summed E-state index contributed by atoms with van der Waals surface area (Å²) in [5.41, 5.74) is 10.4. The maximum Gasteiger partial charge on any atom is 0.267 e. The zero-order chi connectivity index (χ0) is 18.1. The number of benzene rings is 2. The number of carbonyl (C=O) groups excluding carboxylic acids is 1. The fraction of sp³-hybridized carbons (Fsp3) is 0. The molecule has 0 atom stereocenters. The molecule has 2 aromatic heterocycles. The summed E-state index contributed by atoms with van der Waals surface area (Å²) in [6.45, 7) is 0. The fourth-order valence-corrected chi connectivity index (χ4v) is 4.31. The third-order valence-electron chi connectivity index (χ3n) is 3.97. The first-order chi connectivity index (χ1) is 12.7. The van der Waals surface area contributed by atoms with Crippen LogP contribution in [0.5, 0.6) is 0 Å². The van der Waals surface area contributed by atoms with Crippen LogP contribution in [0, 0.1) is 5.41 Å². The Morgan fingerprint density at radius 2 is 2.08 bits per heavy atom. The number of amides is 1. The van der Waals surface area contributed by atoms with Crippen molar-refractivity contribution in [2.24, 2.45) is 0 Å². The van der Waals surface area contributed by atoms with Crippen LogP contribution in [0.3, 0.4) is 0 Å². The number of hydrogen-bond donors (Lipinski definition) is 3. The van der Waals surface area contributed by atoms with E-state index in [1.165, 1.54) is 23.7 Å². The minimum absolute atomic E-state index is 0.226. The van der Waals surface area contributed by atoms with Gasteiger partial charge in [0.2, 0.25) is 0 Å². The van der Waals surface area contributed by atoms with Crippen LogP contribution in [-0.2, 0) is 0 Å². The van der Waals surface area contributed by atoms with Gasteiger partial charge < -0.3 is 16.5 Å². The van der Waals surface area contributed by atoms with E-state index in [2.05, 4.69) is 28.5 Å². The van der Waals surface area contributed by atoms with Gasteiger partial charge in [-0.1, -0.05) is 18.2 Å². The Morgan fingerprint density at radius 1 is 1.23 bits per heavy atom. The van der Waals surface area contributed by atoms with Gasteiger partial charge >= 0.3 is 0 Å². The summed E-state index contributed by atoms with van der Waals surface area (Å²) in [6, 6.07) is 13.8. The van der Waals surface area contributed by atoms with Gasteiger partial charge in [-0.15, -0.1) is 22.7 Å². The second-order valence-electron chi connectivity index (χ2n) is 5.64. The Morgan fingerprint density at radius 3 is 2.81 bits per heavy atom. The molecule has 0 aliphatic rings. The van der Waals surface area contributed by atoms with Crippen LogP contribution in [0.2, 0.25) is 0 Å². The number of thiophene rings is 1. The molecule has 2 aromatic carbocycles. The van der Waals surface area contributed by atoms with Gasteiger partial charge in [-0.25, -0.2) is 0 Å². The number of thiazole rings is 1. The number of nitrogen functional groups attached to an aromatic ring is 1. The number of nitrogens with one attached hydrogen (secondary N) is 2. The van der Waals surface area contributed by atoms with Gasteiger partial charge in [-0.2, -0.15) is 0 Å². The molecule has 0 unspecified atom stereocenters. The number of nitrogens with zero attached hydrogens (tertiary/aromatic N) is 1. The van der Waals surface area contributed by atoms with E-state index in [1.807, 2.05) is 18.2 Å². The molecule has 0 spiro atoms. The first kappa shape index (κ1) is 16.4. The highest BCUT2D eigenvalue weighted by atomic mass is 32.1.